The van der Waals surface area contributed by atoms with Crippen LogP contribution >= 0.6 is 0 Å². The summed E-state index contributed by atoms with van der Waals surface area (Å²) >= 11 is 0. The number of rotatable bonds is 11. The molecule has 48 heavy (non-hydrogen) atoms. The third-order valence-corrected chi connectivity index (χ3v) is 7.96. The fraction of sp³-hybridized carbons (Fsp3) is 0.485. The Bertz CT molecular complexity index is 1460. The normalized spacial score (nSPS) is 29.2. The van der Waals surface area contributed by atoms with Gasteiger partial charge in [0.25, 0.3) is 0 Å². The highest BCUT2D eigenvalue weighted by atomic mass is 16.8. The first-order valence-corrected chi connectivity index (χ1v) is 15.0. The van der Waals surface area contributed by atoms with Gasteiger partial charge in [0.2, 0.25) is 18.7 Å². The van der Waals surface area contributed by atoms with Crippen molar-refractivity contribution in [1.29, 1.82) is 0 Å². The van der Waals surface area contributed by atoms with Crippen LogP contribution in [0.25, 0.3) is 6.08 Å². The number of esters is 5. The minimum Gasteiger partial charge on any atom is -0.497 e. The van der Waals surface area contributed by atoms with Crippen molar-refractivity contribution in [3.63, 3.8) is 0 Å². The average molecular weight is 675 g/mol. The molecular formula is C33H38O15. The summed E-state index contributed by atoms with van der Waals surface area (Å²) in [5.41, 5.74) is 0.677. The summed E-state index contributed by atoms with van der Waals surface area (Å²) in [6.07, 6.45) is -2.50. The second-order valence-electron chi connectivity index (χ2n) is 11.2. The Kier molecular flexibility index (Phi) is 11.8. The minimum absolute atomic E-state index is 0.0115. The van der Waals surface area contributed by atoms with E-state index in [1.54, 1.807) is 31.2 Å². The fourth-order valence-electron chi connectivity index (χ4n) is 5.99. The molecule has 0 bridgehead atoms. The Balaban J connectivity index is 1.67. The number of fused-ring (bicyclic) bond motifs is 1. The molecule has 0 radical (unpaired) electrons. The summed E-state index contributed by atoms with van der Waals surface area (Å²) in [4.78, 5) is 62.3. The van der Waals surface area contributed by atoms with Gasteiger partial charge in [-0.25, -0.2) is 9.59 Å². The van der Waals surface area contributed by atoms with E-state index >= 15 is 0 Å². The van der Waals surface area contributed by atoms with E-state index in [2.05, 4.69) is 0 Å². The van der Waals surface area contributed by atoms with E-state index in [9.17, 15) is 29.1 Å². The summed E-state index contributed by atoms with van der Waals surface area (Å²) in [7, 11) is 2.70. The number of methoxy groups -OCH3 is 2. The molecule has 15 nitrogen and oxygen atoms in total. The van der Waals surface area contributed by atoms with Gasteiger partial charge >= 0.3 is 29.8 Å². The van der Waals surface area contributed by atoms with E-state index in [1.165, 1.54) is 39.4 Å². The van der Waals surface area contributed by atoms with Crippen molar-refractivity contribution in [1.82, 2.24) is 0 Å². The number of hydrogen-bond donors (Lipinski definition) is 1. The molecular weight excluding hydrogens is 636 g/mol. The third kappa shape index (κ3) is 8.33. The average Bonchev–Trinajstić information content (AvgIpc) is 3.31. The summed E-state index contributed by atoms with van der Waals surface area (Å²) in [5, 5.41) is 9.83. The smallest absolute Gasteiger partial charge is 0.337 e. The largest absolute Gasteiger partial charge is 0.497 e. The molecule has 9 atom stereocenters. The molecule has 1 aliphatic carbocycles. The van der Waals surface area contributed by atoms with Crippen molar-refractivity contribution in [2.75, 3.05) is 20.8 Å². The second-order valence-corrected chi connectivity index (χ2v) is 11.2. The van der Waals surface area contributed by atoms with Gasteiger partial charge < -0.3 is 43.0 Å². The lowest BCUT2D eigenvalue weighted by atomic mass is 9.82. The summed E-state index contributed by atoms with van der Waals surface area (Å²) < 4.78 is 50.2. The van der Waals surface area contributed by atoms with Crippen molar-refractivity contribution in [2.45, 2.75) is 64.7 Å². The van der Waals surface area contributed by atoms with Crippen LogP contribution in [-0.4, -0.2) is 92.8 Å². The van der Waals surface area contributed by atoms with Gasteiger partial charge in [0, 0.05) is 50.7 Å². The maximum absolute atomic E-state index is 13.1. The van der Waals surface area contributed by atoms with Gasteiger partial charge in [0.1, 0.15) is 30.3 Å². The summed E-state index contributed by atoms with van der Waals surface area (Å²) in [6, 6.07) is 6.93. The van der Waals surface area contributed by atoms with Gasteiger partial charge in [-0.15, -0.1) is 0 Å². The predicted molar refractivity (Wildman–Crippen MR) is 161 cm³/mol. The van der Waals surface area contributed by atoms with Crippen LogP contribution in [0.4, 0.5) is 0 Å². The third-order valence-electron chi connectivity index (χ3n) is 7.96. The van der Waals surface area contributed by atoms with E-state index in [0.717, 1.165) is 20.1 Å². The molecule has 2 heterocycles. The highest BCUT2D eigenvalue weighted by Gasteiger charge is 2.61. The molecule has 260 valence electrons. The molecule has 0 amide bonds. The first-order chi connectivity index (χ1) is 22.9. The van der Waals surface area contributed by atoms with Crippen LogP contribution in [0.5, 0.6) is 5.75 Å². The molecule has 0 unspecified atom stereocenters. The Morgan fingerprint density at radius 1 is 0.854 bits per heavy atom. The molecule has 15 heteroatoms. The van der Waals surface area contributed by atoms with Crippen molar-refractivity contribution in [2.24, 2.45) is 17.8 Å². The Morgan fingerprint density at radius 3 is 2.08 bits per heavy atom. The SMILES string of the molecule is COC(=O)C1=CO[C@@H](O[C@@H]2OC(CO)=C[C@H](OC(C)=O)[C@H]2OC(C)=O)[C@@H]2[C@@H](C)[C@@H](OC(=O)/C=C/c3ccc(OC)cc3)[C@@H](OC(C)=O)[C@H]12. The molecule has 0 spiro atoms. The van der Waals surface area contributed by atoms with Crippen LogP contribution in [0, 0.1) is 17.8 Å². The zero-order valence-electron chi connectivity index (χ0n) is 27.2. The number of hydrogen-bond acceptors (Lipinski definition) is 15. The molecule has 1 saturated carbocycles. The number of carbonyl (C=O) groups is 5. The molecule has 1 fully saturated rings. The predicted octanol–water partition coefficient (Wildman–Crippen LogP) is 1.96. The van der Waals surface area contributed by atoms with E-state index < -0.39 is 91.2 Å². The molecule has 1 N–H and O–H groups in total. The van der Waals surface area contributed by atoms with Crippen molar-refractivity contribution in [3.8, 4) is 5.75 Å². The van der Waals surface area contributed by atoms with Crippen molar-refractivity contribution in [3.05, 3.63) is 59.6 Å². The van der Waals surface area contributed by atoms with Gasteiger partial charge in [-0.2, -0.15) is 0 Å². The quantitative estimate of drug-likeness (QED) is 0.204. The Hall–Kier alpha value is -4.89. The number of carbonyl (C=O) groups excluding carboxylic acids is 5. The standard InChI is InChI=1S/C33H38O15/c1-16-26-27(30(45-19(4)37)28(16)47-25(38)12-9-20-7-10-21(40-5)11-8-20)23(31(39)41-6)15-42-32(26)48-33-29(44-18(3)36)24(43-17(2)35)13-22(14-34)46-33/h7-13,15-16,24,26-30,32-34H,14H2,1-6H3/b12-9+/t16-,24+,26-,27-,28-,29-,30+,32+,33+/m1/s1. The number of aliphatic hydroxyl groups is 1. The monoisotopic (exact) mass is 674 g/mol. The molecule has 1 aromatic carbocycles. The molecule has 4 rings (SSSR count). The maximum Gasteiger partial charge on any atom is 0.337 e. The molecule has 1 aromatic rings. The van der Waals surface area contributed by atoms with Gasteiger partial charge in [-0.3, -0.25) is 19.1 Å². The Labute approximate surface area is 276 Å². The molecule has 2 aliphatic heterocycles. The zero-order chi connectivity index (χ0) is 35.1. The molecule has 3 aliphatic rings. The summed E-state index contributed by atoms with van der Waals surface area (Å²) in [5.74, 6) is -5.61. The number of aliphatic hydroxyl groups excluding tert-OH is 1. The van der Waals surface area contributed by atoms with E-state index in [0.29, 0.717) is 11.3 Å². The van der Waals surface area contributed by atoms with Crippen LogP contribution in [-0.2, 0) is 61.9 Å². The lowest BCUT2D eigenvalue weighted by Crippen LogP contribution is -2.51. The van der Waals surface area contributed by atoms with Crippen molar-refractivity contribution >= 4 is 35.9 Å². The topological polar surface area (TPSA) is 189 Å². The first-order valence-electron chi connectivity index (χ1n) is 15.0. The highest BCUT2D eigenvalue weighted by molar-refractivity contribution is 5.89. The minimum atomic E-state index is -1.49. The first kappa shape index (κ1) is 36.0. The van der Waals surface area contributed by atoms with E-state index in [-0.39, 0.29) is 11.3 Å². The van der Waals surface area contributed by atoms with E-state index in [4.69, 9.17) is 42.6 Å². The van der Waals surface area contributed by atoms with Crippen LogP contribution < -0.4 is 4.74 Å². The summed E-state index contributed by atoms with van der Waals surface area (Å²) in [6.45, 7) is 4.54. The van der Waals surface area contributed by atoms with Crippen LogP contribution in [0.1, 0.15) is 33.3 Å². The van der Waals surface area contributed by atoms with Gasteiger partial charge in [0.15, 0.2) is 6.10 Å². The number of ether oxygens (including phenoxy) is 9. The van der Waals surface area contributed by atoms with Gasteiger partial charge in [-0.05, 0) is 23.8 Å². The van der Waals surface area contributed by atoms with Crippen LogP contribution in [0.3, 0.4) is 0 Å². The highest BCUT2D eigenvalue weighted by Crippen LogP contribution is 2.50. The lowest BCUT2D eigenvalue weighted by Gasteiger charge is -2.40. The second kappa shape index (κ2) is 15.8. The lowest BCUT2D eigenvalue weighted by molar-refractivity contribution is -0.291. The van der Waals surface area contributed by atoms with Crippen LogP contribution in [0.2, 0.25) is 0 Å². The number of benzene rings is 1. The van der Waals surface area contributed by atoms with Crippen molar-refractivity contribution < 1.29 is 71.7 Å². The maximum atomic E-state index is 13.1. The fourth-order valence-corrected chi connectivity index (χ4v) is 5.99. The van der Waals surface area contributed by atoms with Gasteiger partial charge in [-0.1, -0.05) is 19.1 Å². The Morgan fingerprint density at radius 2 is 1.50 bits per heavy atom. The zero-order valence-corrected chi connectivity index (χ0v) is 27.2. The molecule has 0 aromatic heterocycles. The van der Waals surface area contributed by atoms with Gasteiger partial charge in [0.05, 0.1) is 26.1 Å². The molecule has 0 saturated heterocycles. The van der Waals surface area contributed by atoms with Crippen LogP contribution in [0.15, 0.2) is 54.0 Å². The van der Waals surface area contributed by atoms with E-state index in [1.807, 2.05) is 0 Å².